The van der Waals surface area contributed by atoms with Gasteiger partial charge in [0.2, 0.25) is 5.91 Å². The fourth-order valence-corrected chi connectivity index (χ4v) is 1.85. The maximum Gasteiger partial charge on any atom is 0.245 e. The summed E-state index contributed by atoms with van der Waals surface area (Å²) in [5, 5.41) is 2.72. The fraction of sp³-hybridized carbons (Fsp3) is 0.125. The lowest BCUT2D eigenvalue weighted by Crippen LogP contribution is -2.27. The first-order valence-corrected chi connectivity index (χ1v) is 6.30. The first kappa shape index (κ1) is 14.0. The Hall–Kier alpha value is -2.46. The molecule has 1 atom stereocenters. The lowest BCUT2D eigenvalue weighted by molar-refractivity contribution is -0.117. The van der Waals surface area contributed by atoms with E-state index in [0.29, 0.717) is 11.3 Å². The van der Waals surface area contributed by atoms with Gasteiger partial charge in [-0.3, -0.25) is 9.59 Å². The Bertz CT molecular complexity index is 623. The maximum atomic E-state index is 12.1. The molecule has 2 rings (SSSR count). The Labute approximate surface area is 117 Å². The van der Waals surface area contributed by atoms with Crippen molar-refractivity contribution in [2.75, 3.05) is 5.32 Å². The topological polar surface area (TPSA) is 72.2 Å². The highest BCUT2D eigenvalue weighted by atomic mass is 16.2. The van der Waals surface area contributed by atoms with Crippen LogP contribution in [0.25, 0.3) is 0 Å². The van der Waals surface area contributed by atoms with Crippen LogP contribution in [0.3, 0.4) is 0 Å². The average Bonchev–Trinajstić information content (AvgIpc) is 2.47. The average molecular weight is 268 g/mol. The van der Waals surface area contributed by atoms with E-state index in [-0.39, 0.29) is 11.7 Å². The van der Waals surface area contributed by atoms with Crippen molar-refractivity contribution in [3.63, 3.8) is 0 Å². The molecule has 0 fully saturated rings. The highest BCUT2D eigenvalue weighted by Gasteiger charge is 2.15. The minimum absolute atomic E-state index is 0.0477. The van der Waals surface area contributed by atoms with Crippen molar-refractivity contribution in [2.45, 2.75) is 13.0 Å². The molecule has 2 aromatic carbocycles. The molecular weight excluding hydrogens is 252 g/mol. The van der Waals surface area contributed by atoms with Crippen LogP contribution in [-0.4, -0.2) is 11.7 Å². The van der Waals surface area contributed by atoms with E-state index < -0.39 is 6.04 Å². The van der Waals surface area contributed by atoms with E-state index in [1.54, 1.807) is 36.4 Å². The van der Waals surface area contributed by atoms with E-state index in [4.69, 9.17) is 5.73 Å². The van der Waals surface area contributed by atoms with Crippen molar-refractivity contribution < 1.29 is 9.59 Å². The van der Waals surface area contributed by atoms with Crippen molar-refractivity contribution in [1.82, 2.24) is 0 Å². The summed E-state index contributed by atoms with van der Waals surface area (Å²) in [7, 11) is 0. The van der Waals surface area contributed by atoms with Gasteiger partial charge in [-0.25, -0.2) is 0 Å². The second-order valence-corrected chi connectivity index (χ2v) is 4.51. The van der Waals surface area contributed by atoms with Gasteiger partial charge >= 0.3 is 0 Å². The molecule has 2 aromatic rings. The van der Waals surface area contributed by atoms with Crippen molar-refractivity contribution >= 4 is 17.4 Å². The molecule has 0 aliphatic rings. The molecule has 0 heterocycles. The monoisotopic (exact) mass is 268 g/mol. The highest BCUT2D eigenvalue weighted by Crippen LogP contribution is 2.15. The summed E-state index contributed by atoms with van der Waals surface area (Å²) in [6.45, 7) is 1.48. The van der Waals surface area contributed by atoms with Crippen LogP contribution in [0.2, 0.25) is 0 Å². The smallest absolute Gasteiger partial charge is 0.245 e. The number of hydrogen-bond acceptors (Lipinski definition) is 3. The number of ketones is 1. The predicted octanol–water partition coefficient (Wildman–Crippen LogP) is 2.53. The van der Waals surface area contributed by atoms with Gasteiger partial charge in [-0.1, -0.05) is 42.5 Å². The van der Waals surface area contributed by atoms with Gasteiger partial charge in [0.15, 0.2) is 5.78 Å². The van der Waals surface area contributed by atoms with E-state index in [0.717, 1.165) is 5.56 Å². The molecule has 0 saturated carbocycles. The Morgan fingerprint density at radius 3 is 2.40 bits per heavy atom. The number of anilines is 1. The minimum Gasteiger partial charge on any atom is -0.324 e. The minimum atomic E-state index is -0.739. The summed E-state index contributed by atoms with van der Waals surface area (Å²) in [6, 6.07) is 15.2. The lowest BCUT2D eigenvalue weighted by atomic mass is 10.1. The van der Waals surface area contributed by atoms with Crippen LogP contribution >= 0.6 is 0 Å². The van der Waals surface area contributed by atoms with Crippen LogP contribution in [0, 0.1) is 0 Å². The molecule has 4 nitrogen and oxygen atoms in total. The fourth-order valence-electron chi connectivity index (χ4n) is 1.85. The number of hydrogen-bond donors (Lipinski definition) is 2. The third-order valence-corrected chi connectivity index (χ3v) is 2.98. The van der Waals surface area contributed by atoms with Gasteiger partial charge < -0.3 is 11.1 Å². The van der Waals surface area contributed by atoms with Crippen molar-refractivity contribution in [3.05, 3.63) is 65.7 Å². The molecular formula is C16H16N2O2. The van der Waals surface area contributed by atoms with E-state index in [1.165, 1.54) is 6.92 Å². The van der Waals surface area contributed by atoms with Crippen LogP contribution in [0.4, 0.5) is 5.69 Å². The molecule has 4 heteroatoms. The zero-order valence-electron chi connectivity index (χ0n) is 11.2. The lowest BCUT2D eigenvalue weighted by Gasteiger charge is -2.13. The van der Waals surface area contributed by atoms with Gasteiger partial charge in [0.05, 0.1) is 0 Å². The molecule has 0 bridgehead atoms. The number of benzene rings is 2. The zero-order valence-corrected chi connectivity index (χ0v) is 11.2. The molecule has 0 radical (unpaired) electrons. The number of nitrogens with one attached hydrogen (secondary N) is 1. The molecule has 0 aliphatic carbocycles. The summed E-state index contributed by atoms with van der Waals surface area (Å²) in [6.07, 6.45) is 0. The number of carbonyl (C=O) groups excluding carboxylic acids is 2. The van der Waals surface area contributed by atoms with Crippen LogP contribution in [0.15, 0.2) is 54.6 Å². The molecule has 1 amide bonds. The molecule has 102 valence electrons. The van der Waals surface area contributed by atoms with E-state index in [9.17, 15) is 9.59 Å². The molecule has 0 aromatic heterocycles. The quantitative estimate of drug-likeness (QED) is 0.837. The number of nitrogens with two attached hydrogens (primary N) is 1. The first-order valence-electron chi connectivity index (χ1n) is 6.30. The molecule has 0 saturated heterocycles. The van der Waals surface area contributed by atoms with Crippen LogP contribution in [0.5, 0.6) is 0 Å². The third kappa shape index (κ3) is 3.30. The highest BCUT2D eigenvalue weighted by molar-refractivity contribution is 5.98. The zero-order chi connectivity index (χ0) is 14.5. The van der Waals surface area contributed by atoms with Gasteiger partial charge in [-0.15, -0.1) is 0 Å². The Morgan fingerprint density at radius 1 is 1.05 bits per heavy atom. The summed E-state index contributed by atoms with van der Waals surface area (Å²) in [4.78, 5) is 23.4. The molecule has 0 aliphatic heterocycles. The first-order chi connectivity index (χ1) is 9.58. The number of amides is 1. The summed E-state index contributed by atoms with van der Waals surface area (Å²) in [5.41, 5.74) is 7.76. The van der Waals surface area contributed by atoms with Crippen molar-refractivity contribution in [3.8, 4) is 0 Å². The third-order valence-electron chi connectivity index (χ3n) is 2.98. The van der Waals surface area contributed by atoms with Gasteiger partial charge in [-0.2, -0.15) is 0 Å². The summed E-state index contributed by atoms with van der Waals surface area (Å²) >= 11 is 0. The Kier molecular flexibility index (Phi) is 4.27. The van der Waals surface area contributed by atoms with Crippen molar-refractivity contribution in [2.24, 2.45) is 5.73 Å². The summed E-state index contributed by atoms with van der Waals surface area (Å²) < 4.78 is 0. The number of Topliss-reactive ketones (excluding diaryl/α,β-unsaturated/α-hetero) is 1. The van der Waals surface area contributed by atoms with Crippen LogP contribution in [0.1, 0.15) is 28.9 Å². The van der Waals surface area contributed by atoms with E-state index in [2.05, 4.69) is 5.32 Å². The number of rotatable bonds is 4. The molecule has 3 N–H and O–H groups in total. The van der Waals surface area contributed by atoms with Crippen molar-refractivity contribution in [1.29, 1.82) is 0 Å². The SMILES string of the molecule is CC(=O)c1cccc(NC(=O)[C@H](N)c2ccccc2)c1. The second kappa shape index (κ2) is 6.12. The standard InChI is InChI=1S/C16H16N2O2/c1-11(19)13-8-5-9-14(10-13)18-16(20)15(17)12-6-3-2-4-7-12/h2-10,15H,17H2,1H3,(H,18,20)/t15-/m1/s1. The van der Waals surface area contributed by atoms with Gasteiger partial charge in [0, 0.05) is 11.3 Å². The largest absolute Gasteiger partial charge is 0.324 e. The molecule has 0 spiro atoms. The summed E-state index contributed by atoms with van der Waals surface area (Å²) in [5.74, 6) is -0.356. The molecule has 0 unspecified atom stereocenters. The predicted molar refractivity (Wildman–Crippen MR) is 78.4 cm³/mol. The van der Waals surface area contributed by atoms with E-state index in [1.807, 2.05) is 18.2 Å². The molecule has 20 heavy (non-hydrogen) atoms. The van der Waals surface area contributed by atoms with Crippen LogP contribution < -0.4 is 11.1 Å². The normalized spacial score (nSPS) is 11.7. The Morgan fingerprint density at radius 2 is 1.75 bits per heavy atom. The second-order valence-electron chi connectivity index (χ2n) is 4.51. The van der Waals surface area contributed by atoms with Crippen LogP contribution in [-0.2, 0) is 4.79 Å². The van der Waals surface area contributed by atoms with Gasteiger partial charge in [0.1, 0.15) is 6.04 Å². The van der Waals surface area contributed by atoms with Gasteiger partial charge in [0.25, 0.3) is 0 Å². The van der Waals surface area contributed by atoms with E-state index >= 15 is 0 Å². The maximum absolute atomic E-state index is 12.1. The number of carbonyl (C=O) groups is 2. The van der Waals surface area contributed by atoms with Gasteiger partial charge in [-0.05, 0) is 24.6 Å². The Balaban J connectivity index is 2.12.